The molecule has 2 aliphatic rings. The predicted molar refractivity (Wildman–Crippen MR) is 83.3 cm³/mol. The summed E-state index contributed by atoms with van der Waals surface area (Å²) in [5, 5.41) is 2.84. The van der Waals surface area contributed by atoms with Crippen LogP contribution in [-0.2, 0) is 9.53 Å². The fourth-order valence-electron chi connectivity index (χ4n) is 3.48. The summed E-state index contributed by atoms with van der Waals surface area (Å²) in [5.74, 6) is -1.46. The van der Waals surface area contributed by atoms with E-state index in [1.165, 1.54) is 0 Å². The number of rotatable bonds is 4. The van der Waals surface area contributed by atoms with Crippen LogP contribution in [0.25, 0.3) is 0 Å². The summed E-state index contributed by atoms with van der Waals surface area (Å²) in [7, 11) is 0. The second-order valence-electron chi connectivity index (χ2n) is 6.58. The van der Waals surface area contributed by atoms with E-state index in [0.717, 1.165) is 6.42 Å². The Labute approximate surface area is 141 Å². The molecule has 3 N–H and O–H groups in total. The topological polar surface area (TPSA) is 64.4 Å². The van der Waals surface area contributed by atoms with E-state index in [1.54, 1.807) is 0 Å². The lowest BCUT2D eigenvalue weighted by atomic mass is 9.78. The second-order valence-corrected chi connectivity index (χ2v) is 6.58. The number of halogens is 4. The predicted octanol–water partition coefficient (Wildman–Crippen LogP) is 2.65. The van der Waals surface area contributed by atoms with Gasteiger partial charge < -0.3 is 15.8 Å². The Bertz CT molecular complexity index is 387. The summed E-state index contributed by atoms with van der Waals surface area (Å²) in [6.45, 7) is 1.57. The van der Waals surface area contributed by atoms with Crippen LogP contribution in [0.15, 0.2) is 0 Å². The van der Waals surface area contributed by atoms with Gasteiger partial charge in [0.15, 0.2) is 0 Å². The van der Waals surface area contributed by atoms with Gasteiger partial charge in [-0.2, -0.15) is 13.2 Å². The maximum atomic E-state index is 12.8. The van der Waals surface area contributed by atoms with Gasteiger partial charge in [0.05, 0.1) is 11.3 Å². The fourth-order valence-corrected chi connectivity index (χ4v) is 3.48. The summed E-state index contributed by atoms with van der Waals surface area (Å²) in [6.07, 6.45) is -1.34. The van der Waals surface area contributed by atoms with Crippen molar-refractivity contribution >= 4 is 18.3 Å². The molecule has 4 nitrogen and oxygen atoms in total. The first-order valence-corrected chi connectivity index (χ1v) is 8.00. The number of ether oxygens (including phenoxy) is 1. The first-order valence-electron chi connectivity index (χ1n) is 8.00. The lowest BCUT2D eigenvalue weighted by Crippen LogP contribution is -2.50. The Hall–Kier alpha value is -0.530. The third kappa shape index (κ3) is 5.22. The zero-order valence-electron chi connectivity index (χ0n) is 13.2. The lowest BCUT2D eigenvalue weighted by Gasteiger charge is -2.36. The van der Waals surface area contributed by atoms with Gasteiger partial charge in [0.25, 0.3) is 0 Å². The number of carbonyl (C=O) groups is 1. The average molecular weight is 359 g/mol. The van der Waals surface area contributed by atoms with Crippen LogP contribution in [0.5, 0.6) is 0 Å². The molecule has 1 aliphatic heterocycles. The molecule has 23 heavy (non-hydrogen) atoms. The second kappa shape index (κ2) is 8.53. The Morgan fingerprint density at radius 3 is 2.48 bits per heavy atom. The van der Waals surface area contributed by atoms with Crippen LogP contribution in [-0.4, -0.2) is 38.4 Å². The molecule has 8 heteroatoms. The highest BCUT2D eigenvalue weighted by molar-refractivity contribution is 5.85. The van der Waals surface area contributed by atoms with Crippen molar-refractivity contribution in [2.24, 2.45) is 23.0 Å². The summed E-state index contributed by atoms with van der Waals surface area (Å²) < 4.78 is 43.7. The van der Waals surface area contributed by atoms with Crippen LogP contribution in [0, 0.1) is 17.3 Å². The van der Waals surface area contributed by atoms with Gasteiger partial charge >= 0.3 is 6.18 Å². The third-order valence-electron chi connectivity index (χ3n) is 5.12. The van der Waals surface area contributed by atoms with E-state index in [2.05, 4.69) is 5.32 Å². The maximum Gasteiger partial charge on any atom is 0.391 e. The van der Waals surface area contributed by atoms with Crippen LogP contribution >= 0.6 is 12.4 Å². The quantitative estimate of drug-likeness (QED) is 0.812. The minimum Gasteiger partial charge on any atom is -0.381 e. The normalized spacial score (nSPS) is 27.8. The van der Waals surface area contributed by atoms with Crippen molar-refractivity contribution < 1.29 is 22.7 Å². The van der Waals surface area contributed by atoms with Gasteiger partial charge in [0.1, 0.15) is 0 Å². The summed E-state index contributed by atoms with van der Waals surface area (Å²) in [4.78, 5) is 12.4. The number of nitrogens with two attached hydrogens (primary N) is 1. The number of hydrogen-bond donors (Lipinski definition) is 2. The third-order valence-corrected chi connectivity index (χ3v) is 5.12. The zero-order chi connectivity index (χ0) is 16.2. The van der Waals surface area contributed by atoms with E-state index in [-0.39, 0.29) is 43.6 Å². The number of alkyl halides is 3. The van der Waals surface area contributed by atoms with E-state index >= 15 is 0 Å². The first kappa shape index (κ1) is 20.5. The summed E-state index contributed by atoms with van der Waals surface area (Å²) in [6, 6.07) is 0. The van der Waals surface area contributed by atoms with Crippen molar-refractivity contribution in [1.82, 2.24) is 5.32 Å². The van der Waals surface area contributed by atoms with E-state index in [9.17, 15) is 18.0 Å². The SMILES string of the molecule is Cl.NCC1(C(=O)NCC2CCCC(C(F)(F)F)C2)CCOCC1. The standard InChI is InChI=1S/C15H25F3N2O2.ClH/c16-15(17,18)12-3-1-2-11(8-12)9-20-13(21)14(10-19)4-6-22-7-5-14;/h11-12H,1-10,19H2,(H,20,21);1H. The number of amides is 1. The van der Waals surface area contributed by atoms with Crippen LogP contribution in [0.4, 0.5) is 13.2 Å². The molecule has 1 saturated carbocycles. The highest BCUT2D eigenvalue weighted by atomic mass is 35.5. The van der Waals surface area contributed by atoms with Gasteiger partial charge in [-0.3, -0.25) is 4.79 Å². The molecule has 0 bridgehead atoms. The van der Waals surface area contributed by atoms with Gasteiger partial charge in [-0.1, -0.05) is 6.42 Å². The molecule has 0 aromatic rings. The molecule has 136 valence electrons. The molecule has 1 aliphatic carbocycles. The number of nitrogens with one attached hydrogen (secondary N) is 1. The smallest absolute Gasteiger partial charge is 0.381 e. The van der Waals surface area contributed by atoms with Crippen molar-refractivity contribution in [3.63, 3.8) is 0 Å². The summed E-state index contributed by atoms with van der Waals surface area (Å²) >= 11 is 0. The van der Waals surface area contributed by atoms with Gasteiger partial charge in [-0.15, -0.1) is 12.4 Å². The van der Waals surface area contributed by atoms with Gasteiger partial charge in [-0.25, -0.2) is 0 Å². The van der Waals surface area contributed by atoms with Crippen LogP contribution in [0.1, 0.15) is 38.5 Å². The van der Waals surface area contributed by atoms with Crippen molar-refractivity contribution in [3.05, 3.63) is 0 Å². The molecule has 2 rings (SSSR count). The van der Waals surface area contributed by atoms with Gasteiger partial charge in [-0.05, 0) is 38.0 Å². The molecule has 2 atom stereocenters. The molecule has 1 saturated heterocycles. The molecule has 2 fully saturated rings. The molecular formula is C15H26ClF3N2O2. The molecule has 2 unspecified atom stereocenters. The molecular weight excluding hydrogens is 333 g/mol. The van der Waals surface area contributed by atoms with E-state index in [0.29, 0.717) is 39.0 Å². The van der Waals surface area contributed by atoms with Crippen molar-refractivity contribution in [1.29, 1.82) is 0 Å². The van der Waals surface area contributed by atoms with Crippen LogP contribution in [0.2, 0.25) is 0 Å². The molecule has 0 aromatic carbocycles. The largest absolute Gasteiger partial charge is 0.391 e. The fraction of sp³-hybridized carbons (Fsp3) is 0.933. The van der Waals surface area contributed by atoms with E-state index < -0.39 is 17.5 Å². The van der Waals surface area contributed by atoms with Crippen LogP contribution in [0.3, 0.4) is 0 Å². The maximum absolute atomic E-state index is 12.8. The monoisotopic (exact) mass is 358 g/mol. The Kier molecular flexibility index (Phi) is 7.61. The highest BCUT2D eigenvalue weighted by Crippen LogP contribution is 2.39. The lowest BCUT2D eigenvalue weighted by molar-refractivity contribution is -0.185. The van der Waals surface area contributed by atoms with Crippen molar-refractivity contribution in [2.45, 2.75) is 44.7 Å². The minimum atomic E-state index is -4.12. The van der Waals surface area contributed by atoms with Gasteiger partial charge in [0, 0.05) is 26.3 Å². The Morgan fingerprint density at radius 2 is 1.91 bits per heavy atom. The molecule has 1 heterocycles. The van der Waals surface area contributed by atoms with Crippen molar-refractivity contribution in [2.75, 3.05) is 26.3 Å². The first-order chi connectivity index (χ1) is 10.4. The zero-order valence-corrected chi connectivity index (χ0v) is 14.0. The van der Waals surface area contributed by atoms with E-state index in [4.69, 9.17) is 10.5 Å². The molecule has 0 radical (unpaired) electrons. The molecule has 1 amide bonds. The molecule has 0 spiro atoms. The van der Waals surface area contributed by atoms with Crippen LogP contribution < -0.4 is 11.1 Å². The van der Waals surface area contributed by atoms with Gasteiger partial charge in [0.2, 0.25) is 5.91 Å². The van der Waals surface area contributed by atoms with Crippen molar-refractivity contribution in [3.8, 4) is 0 Å². The average Bonchev–Trinajstić information content (AvgIpc) is 2.52. The Morgan fingerprint density at radius 1 is 1.26 bits per heavy atom. The molecule has 0 aromatic heterocycles. The number of hydrogen-bond acceptors (Lipinski definition) is 3. The van der Waals surface area contributed by atoms with E-state index in [1.807, 2.05) is 0 Å². The number of carbonyl (C=O) groups excluding carboxylic acids is 1. The highest BCUT2D eigenvalue weighted by Gasteiger charge is 2.43. The summed E-state index contributed by atoms with van der Waals surface area (Å²) in [5.41, 5.74) is 5.15. The minimum absolute atomic E-state index is 0. The Balaban J connectivity index is 0.00000264.